The lowest BCUT2D eigenvalue weighted by Gasteiger charge is -2.40. The molecule has 0 aromatic heterocycles. The summed E-state index contributed by atoms with van der Waals surface area (Å²) in [5.41, 5.74) is 0.843. The van der Waals surface area contributed by atoms with Gasteiger partial charge in [0.15, 0.2) is 12.0 Å². The van der Waals surface area contributed by atoms with Crippen LogP contribution in [0.25, 0.3) is 0 Å². The van der Waals surface area contributed by atoms with Crippen LogP contribution in [0.2, 0.25) is 5.02 Å². The van der Waals surface area contributed by atoms with Crippen LogP contribution in [0, 0.1) is 0 Å². The summed E-state index contributed by atoms with van der Waals surface area (Å²) in [4.78, 5) is 35.0. The second kappa shape index (κ2) is 8.14. The van der Waals surface area contributed by atoms with Crippen molar-refractivity contribution in [3.8, 4) is 0 Å². The molecule has 2 saturated heterocycles. The van der Waals surface area contributed by atoms with Crippen molar-refractivity contribution in [2.75, 3.05) is 34.4 Å². The van der Waals surface area contributed by atoms with Gasteiger partial charge in [-0.25, -0.2) is 4.79 Å². The lowest BCUT2D eigenvalue weighted by Crippen LogP contribution is -2.65. The number of aliphatic imine (C=N–C) groups is 1. The predicted octanol–water partition coefficient (Wildman–Crippen LogP) is 1.36. The van der Waals surface area contributed by atoms with Crippen LogP contribution in [0.5, 0.6) is 0 Å². The molecule has 0 spiro atoms. The number of imide groups is 1. The highest BCUT2D eigenvalue weighted by Gasteiger charge is 2.51. The molecule has 27 heavy (non-hydrogen) atoms. The maximum Gasteiger partial charge on any atom is 0.328 e. The number of fused-ring (bicyclic) bond motifs is 1. The number of carbonyl (C=O) groups excluding carboxylic acids is 2. The largest absolute Gasteiger partial charge is 0.385 e. The van der Waals surface area contributed by atoms with Gasteiger partial charge in [-0.2, -0.15) is 0 Å². The van der Waals surface area contributed by atoms with E-state index in [0.717, 1.165) is 12.0 Å². The molecule has 2 heterocycles. The van der Waals surface area contributed by atoms with E-state index >= 15 is 0 Å². The van der Waals surface area contributed by atoms with Gasteiger partial charge in [0.1, 0.15) is 6.17 Å². The highest BCUT2D eigenvalue weighted by molar-refractivity contribution is 6.30. The summed E-state index contributed by atoms with van der Waals surface area (Å²) in [6, 6.07) is 6.27. The van der Waals surface area contributed by atoms with E-state index in [-0.39, 0.29) is 18.5 Å². The van der Waals surface area contributed by atoms with Crippen LogP contribution in [0.4, 0.5) is 4.79 Å². The van der Waals surface area contributed by atoms with Gasteiger partial charge in [0.2, 0.25) is 0 Å². The second-order valence-corrected chi connectivity index (χ2v) is 7.08. The maximum absolute atomic E-state index is 13.1. The summed E-state index contributed by atoms with van der Waals surface area (Å²) < 4.78 is 5.03. The van der Waals surface area contributed by atoms with Crippen LogP contribution in [0.1, 0.15) is 12.0 Å². The van der Waals surface area contributed by atoms with Crippen molar-refractivity contribution in [1.82, 2.24) is 20.0 Å². The van der Waals surface area contributed by atoms with Gasteiger partial charge in [-0.15, -0.1) is 0 Å². The fraction of sp³-hybridized carbons (Fsp3) is 0.500. The Hall–Kier alpha value is -2.32. The third kappa shape index (κ3) is 3.86. The smallest absolute Gasteiger partial charge is 0.328 e. The van der Waals surface area contributed by atoms with E-state index in [9.17, 15) is 9.59 Å². The quantitative estimate of drug-likeness (QED) is 0.738. The number of rotatable bonds is 6. The third-order valence-electron chi connectivity index (χ3n) is 4.82. The molecule has 0 radical (unpaired) electrons. The van der Waals surface area contributed by atoms with Crippen molar-refractivity contribution < 1.29 is 14.3 Å². The van der Waals surface area contributed by atoms with Crippen LogP contribution in [-0.2, 0) is 16.1 Å². The van der Waals surface area contributed by atoms with Gasteiger partial charge in [0.05, 0.1) is 6.54 Å². The Labute approximate surface area is 163 Å². The number of ether oxygens (including phenoxy) is 1. The van der Waals surface area contributed by atoms with Crippen molar-refractivity contribution in [1.29, 1.82) is 0 Å². The standard InChI is InChI=1S/C18H24ClN5O3/c1-22-14-15(21-17(22)20-9-4-10-27-3)23(2)18(26)24(16(14)25)11-12-5-7-13(19)8-6-12/h5-8,14-15H,4,9-11H2,1-3H3,(H,20,21). The van der Waals surface area contributed by atoms with Crippen molar-refractivity contribution in [3.63, 3.8) is 0 Å². The van der Waals surface area contributed by atoms with Crippen LogP contribution in [-0.4, -0.2) is 79.2 Å². The normalized spacial score (nSPS) is 23.9. The minimum absolute atomic E-state index is 0.205. The first-order valence-corrected chi connectivity index (χ1v) is 9.17. The number of halogens is 1. The van der Waals surface area contributed by atoms with E-state index in [1.54, 1.807) is 36.1 Å². The van der Waals surface area contributed by atoms with E-state index in [1.807, 2.05) is 19.2 Å². The SMILES string of the molecule is COCCCN=C1NC2C(C(=O)N(Cc3ccc(Cl)cc3)C(=O)N2C)N1C. The van der Waals surface area contributed by atoms with Gasteiger partial charge in [-0.05, 0) is 24.1 Å². The topological polar surface area (TPSA) is 77.5 Å². The average Bonchev–Trinajstić information content (AvgIpc) is 2.99. The number of nitrogens with one attached hydrogen (secondary N) is 1. The molecule has 2 unspecified atom stereocenters. The molecule has 2 aliphatic rings. The molecule has 2 aliphatic heterocycles. The van der Waals surface area contributed by atoms with Gasteiger partial charge in [0, 0.05) is 39.4 Å². The number of amides is 3. The number of methoxy groups -OCH3 is 1. The van der Waals surface area contributed by atoms with Gasteiger partial charge in [-0.1, -0.05) is 23.7 Å². The third-order valence-corrected chi connectivity index (χ3v) is 5.07. The number of likely N-dealkylation sites (N-methyl/N-ethyl adjacent to an activating group) is 2. The Kier molecular flexibility index (Phi) is 5.86. The number of carbonyl (C=O) groups is 2. The number of guanidine groups is 1. The molecule has 1 aromatic carbocycles. The van der Waals surface area contributed by atoms with Crippen LogP contribution in [0.15, 0.2) is 29.3 Å². The summed E-state index contributed by atoms with van der Waals surface area (Å²) in [7, 11) is 5.15. The Balaban J connectivity index is 1.77. The van der Waals surface area contributed by atoms with E-state index in [4.69, 9.17) is 16.3 Å². The predicted molar refractivity (Wildman–Crippen MR) is 102 cm³/mol. The number of urea groups is 1. The molecule has 2 fully saturated rings. The van der Waals surface area contributed by atoms with Crippen molar-refractivity contribution in [2.24, 2.45) is 4.99 Å². The Morgan fingerprint density at radius 2 is 1.89 bits per heavy atom. The maximum atomic E-state index is 13.1. The summed E-state index contributed by atoms with van der Waals surface area (Å²) >= 11 is 5.91. The number of benzene rings is 1. The molecule has 0 aliphatic carbocycles. The first-order chi connectivity index (χ1) is 12.9. The highest BCUT2D eigenvalue weighted by atomic mass is 35.5. The lowest BCUT2D eigenvalue weighted by atomic mass is 10.1. The first kappa shape index (κ1) is 19.4. The minimum Gasteiger partial charge on any atom is -0.385 e. The number of hydrogen-bond acceptors (Lipinski definition) is 4. The Morgan fingerprint density at radius 3 is 2.56 bits per heavy atom. The molecule has 0 saturated carbocycles. The molecular formula is C18H24ClN5O3. The van der Waals surface area contributed by atoms with Crippen LogP contribution < -0.4 is 5.32 Å². The van der Waals surface area contributed by atoms with Crippen molar-refractivity contribution in [2.45, 2.75) is 25.2 Å². The lowest BCUT2D eigenvalue weighted by molar-refractivity contribution is -0.137. The van der Waals surface area contributed by atoms with E-state index in [0.29, 0.717) is 24.1 Å². The van der Waals surface area contributed by atoms with E-state index < -0.39 is 12.2 Å². The zero-order valence-electron chi connectivity index (χ0n) is 15.7. The zero-order chi connectivity index (χ0) is 19.6. The minimum atomic E-state index is -0.513. The van der Waals surface area contributed by atoms with E-state index in [1.165, 1.54) is 4.90 Å². The first-order valence-electron chi connectivity index (χ1n) is 8.79. The summed E-state index contributed by atoms with van der Waals surface area (Å²) in [6.07, 6.45) is 0.355. The number of hydrogen-bond donors (Lipinski definition) is 1. The van der Waals surface area contributed by atoms with Crippen molar-refractivity contribution in [3.05, 3.63) is 34.9 Å². The van der Waals surface area contributed by atoms with Crippen LogP contribution in [0.3, 0.4) is 0 Å². The molecule has 146 valence electrons. The molecule has 8 nitrogen and oxygen atoms in total. The molecular weight excluding hydrogens is 370 g/mol. The molecule has 3 rings (SSSR count). The summed E-state index contributed by atoms with van der Waals surface area (Å²) in [6.45, 7) is 1.41. The summed E-state index contributed by atoms with van der Waals surface area (Å²) in [5.74, 6) is 0.373. The van der Waals surface area contributed by atoms with Gasteiger partial charge in [0.25, 0.3) is 5.91 Å². The molecule has 2 atom stereocenters. The zero-order valence-corrected chi connectivity index (χ0v) is 16.4. The monoisotopic (exact) mass is 393 g/mol. The highest BCUT2D eigenvalue weighted by Crippen LogP contribution is 2.25. The van der Waals surface area contributed by atoms with Gasteiger partial charge >= 0.3 is 6.03 Å². The molecule has 1 aromatic rings. The van der Waals surface area contributed by atoms with Gasteiger partial charge < -0.3 is 19.9 Å². The second-order valence-electron chi connectivity index (χ2n) is 6.64. The van der Waals surface area contributed by atoms with Crippen LogP contribution >= 0.6 is 11.6 Å². The van der Waals surface area contributed by atoms with Crippen molar-refractivity contribution >= 4 is 29.5 Å². The fourth-order valence-electron chi connectivity index (χ4n) is 3.30. The number of nitrogens with zero attached hydrogens (tertiary/aromatic N) is 4. The molecule has 1 N–H and O–H groups in total. The summed E-state index contributed by atoms with van der Waals surface area (Å²) in [5, 5.41) is 3.81. The van der Waals surface area contributed by atoms with Gasteiger partial charge in [-0.3, -0.25) is 14.7 Å². The molecule has 3 amide bonds. The Bertz CT molecular complexity index is 739. The average molecular weight is 394 g/mol. The molecule has 9 heteroatoms. The molecule has 0 bridgehead atoms. The Morgan fingerprint density at radius 1 is 1.19 bits per heavy atom. The fourth-order valence-corrected chi connectivity index (χ4v) is 3.42. The van der Waals surface area contributed by atoms with E-state index in [2.05, 4.69) is 10.3 Å².